The molecule has 2 heterocycles. The number of likely N-dealkylation sites (tertiary alicyclic amines) is 1. The molecule has 1 saturated heterocycles. The van der Waals surface area contributed by atoms with Gasteiger partial charge in [0.2, 0.25) is 0 Å². The van der Waals surface area contributed by atoms with Crippen LogP contribution in [0.2, 0.25) is 0 Å². The van der Waals surface area contributed by atoms with Crippen molar-refractivity contribution in [3.8, 4) is 5.75 Å². The zero-order valence-electron chi connectivity index (χ0n) is 16.7. The highest BCUT2D eigenvalue weighted by Crippen LogP contribution is 2.31. The molecule has 1 aromatic heterocycles. The number of nitrogens with one attached hydrogen (secondary N) is 1. The number of anilines is 1. The lowest BCUT2D eigenvalue weighted by Crippen LogP contribution is -2.38. The Labute approximate surface area is 173 Å². The molecule has 4 rings (SSSR count). The Morgan fingerprint density at radius 1 is 1.27 bits per heavy atom. The van der Waals surface area contributed by atoms with Gasteiger partial charge in [-0.3, -0.25) is 20.0 Å². The Balaban J connectivity index is 1.40. The van der Waals surface area contributed by atoms with Gasteiger partial charge in [0, 0.05) is 37.9 Å². The summed E-state index contributed by atoms with van der Waals surface area (Å²) in [5, 5.41) is 15.3. The monoisotopic (exact) mass is 410 g/mol. The normalized spacial score (nSPS) is 15.3. The van der Waals surface area contributed by atoms with Crippen LogP contribution in [0.25, 0.3) is 10.9 Å². The SMILES string of the molecule is COc1ccc(CN2CCC(Nc3ccc([N+](=O)[O-])c4cccnc34)CC2)cc1F. The van der Waals surface area contributed by atoms with E-state index in [0.717, 1.165) is 37.2 Å². The zero-order chi connectivity index (χ0) is 21.1. The molecule has 0 bridgehead atoms. The van der Waals surface area contributed by atoms with E-state index in [1.807, 2.05) is 6.07 Å². The summed E-state index contributed by atoms with van der Waals surface area (Å²) in [7, 11) is 1.46. The predicted octanol–water partition coefficient (Wildman–Crippen LogP) is 4.37. The molecule has 0 radical (unpaired) electrons. The highest BCUT2D eigenvalue weighted by atomic mass is 19.1. The van der Waals surface area contributed by atoms with Gasteiger partial charge in [0.15, 0.2) is 11.6 Å². The Morgan fingerprint density at radius 2 is 2.07 bits per heavy atom. The molecule has 1 N–H and O–H groups in total. The quantitative estimate of drug-likeness (QED) is 0.480. The van der Waals surface area contributed by atoms with Crippen LogP contribution in [-0.4, -0.2) is 41.0 Å². The minimum absolute atomic E-state index is 0.0604. The van der Waals surface area contributed by atoms with Crippen LogP contribution in [0.15, 0.2) is 48.7 Å². The van der Waals surface area contributed by atoms with E-state index in [1.165, 1.54) is 19.2 Å². The molecule has 1 aliphatic heterocycles. The van der Waals surface area contributed by atoms with Crippen LogP contribution in [0.1, 0.15) is 18.4 Å². The van der Waals surface area contributed by atoms with Crippen molar-refractivity contribution in [2.45, 2.75) is 25.4 Å². The van der Waals surface area contributed by atoms with Crippen molar-refractivity contribution in [3.05, 3.63) is 70.2 Å². The van der Waals surface area contributed by atoms with Crippen LogP contribution >= 0.6 is 0 Å². The lowest BCUT2D eigenvalue weighted by Gasteiger charge is -2.33. The van der Waals surface area contributed by atoms with Gasteiger partial charge >= 0.3 is 0 Å². The van der Waals surface area contributed by atoms with Gasteiger partial charge in [-0.15, -0.1) is 0 Å². The maximum absolute atomic E-state index is 13.9. The summed E-state index contributed by atoms with van der Waals surface area (Å²) in [6.45, 7) is 2.45. The van der Waals surface area contributed by atoms with E-state index < -0.39 is 0 Å². The predicted molar refractivity (Wildman–Crippen MR) is 113 cm³/mol. The topological polar surface area (TPSA) is 80.5 Å². The van der Waals surface area contributed by atoms with E-state index >= 15 is 0 Å². The highest BCUT2D eigenvalue weighted by molar-refractivity contribution is 5.96. The van der Waals surface area contributed by atoms with E-state index in [-0.39, 0.29) is 28.2 Å². The van der Waals surface area contributed by atoms with Gasteiger partial charge in [-0.25, -0.2) is 4.39 Å². The lowest BCUT2D eigenvalue weighted by molar-refractivity contribution is -0.383. The molecule has 3 aromatic rings. The number of nitro groups is 1. The minimum atomic E-state index is -0.381. The van der Waals surface area contributed by atoms with Crippen LogP contribution in [0, 0.1) is 15.9 Å². The van der Waals surface area contributed by atoms with E-state index in [0.29, 0.717) is 17.4 Å². The summed E-state index contributed by atoms with van der Waals surface area (Å²) in [6, 6.07) is 12.0. The number of piperidine rings is 1. The van der Waals surface area contributed by atoms with Crippen LogP contribution in [0.5, 0.6) is 5.75 Å². The summed E-state index contributed by atoms with van der Waals surface area (Å²) >= 11 is 0. The van der Waals surface area contributed by atoms with Crippen molar-refractivity contribution in [1.29, 1.82) is 0 Å². The smallest absolute Gasteiger partial charge is 0.278 e. The molecular weight excluding hydrogens is 387 g/mol. The van der Waals surface area contributed by atoms with E-state index in [9.17, 15) is 14.5 Å². The molecule has 8 heteroatoms. The van der Waals surface area contributed by atoms with E-state index in [2.05, 4.69) is 15.2 Å². The standard InChI is InChI=1S/C22H23FN4O3/c1-30-21-7-4-15(13-18(21)23)14-26-11-8-16(9-12-26)25-19-5-6-20(27(28)29)17-3-2-10-24-22(17)19/h2-7,10,13,16,25H,8-9,11-12,14H2,1H3. The average molecular weight is 410 g/mol. The lowest BCUT2D eigenvalue weighted by atomic mass is 10.0. The van der Waals surface area contributed by atoms with Gasteiger partial charge < -0.3 is 10.1 Å². The van der Waals surface area contributed by atoms with Gasteiger partial charge in [-0.05, 0) is 48.7 Å². The molecule has 30 heavy (non-hydrogen) atoms. The Morgan fingerprint density at radius 3 is 2.77 bits per heavy atom. The number of aromatic nitrogens is 1. The number of non-ortho nitro benzene ring substituents is 1. The molecule has 1 aliphatic rings. The number of nitro benzene ring substituents is 1. The van der Waals surface area contributed by atoms with E-state index in [4.69, 9.17) is 4.74 Å². The first kappa shape index (κ1) is 20.0. The summed E-state index contributed by atoms with van der Waals surface area (Å²) in [4.78, 5) is 17.6. The number of ether oxygens (including phenoxy) is 1. The number of methoxy groups -OCH3 is 1. The van der Waals surface area contributed by atoms with Crippen molar-refractivity contribution < 1.29 is 14.1 Å². The highest BCUT2D eigenvalue weighted by Gasteiger charge is 2.22. The maximum Gasteiger partial charge on any atom is 0.278 e. The summed E-state index contributed by atoms with van der Waals surface area (Å²) in [5.74, 6) is -0.0882. The second-order valence-electron chi connectivity index (χ2n) is 7.45. The largest absolute Gasteiger partial charge is 0.494 e. The molecule has 0 spiro atoms. The first-order valence-corrected chi connectivity index (χ1v) is 9.88. The molecule has 0 amide bonds. The number of halogens is 1. The molecule has 156 valence electrons. The first-order valence-electron chi connectivity index (χ1n) is 9.88. The molecule has 0 unspecified atom stereocenters. The Hall–Kier alpha value is -3.26. The van der Waals surface area contributed by atoms with Gasteiger partial charge in [0.05, 0.1) is 23.1 Å². The second kappa shape index (κ2) is 8.62. The molecule has 0 aliphatic carbocycles. The number of rotatable bonds is 6. The molecular formula is C22H23FN4O3. The number of hydrogen-bond donors (Lipinski definition) is 1. The van der Waals surface area contributed by atoms with Gasteiger partial charge in [0.25, 0.3) is 5.69 Å². The van der Waals surface area contributed by atoms with Crippen molar-refractivity contribution in [1.82, 2.24) is 9.88 Å². The third kappa shape index (κ3) is 4.18. The molecule has 1 fully saturated rings. The van der Waals surface area contributed by atoms with Gasteiger partial charge in [-0.2, -0.15) is 0 Å². The minimum Gasteiger partial charge on any atom is -0.494 e. The van der Waals surface area contributed by atoms with Crippen molar-refractivity contribution in [2.24, 2.45) is 0 Å². The van der Waals surface area contributed by atoms with E-state index in [1.54, 1.807) is 30.5 Å². The van der Waals surface area contributed by atoms with Gasteiger partial charge in [0.1, 0.15) is 5.52 Å². The summed E-state index contributed by atoms with van der Waals surface area (Å²) in [6.07, 6.45) is 3.49. The fourth-order valence-electron chi connectivity index (χ4n) is 3.96. The second-order valence-corrected chi connectivity index (χ2v) is 7.45. The maximum atomic E-state index is 13.9. The van der Waals surface area contributed by atoms with Crippen LogP contribution in [-0.2, 0) is 6.54 Å². The molecule has 2 aromatic carbocycles. The third-order valence-electron chi connectivity index (χ3n) is 5.51. The number of benzene rings is 2. The number of nitrogens with zero attached hydrogens (tertiary/aromatic N) is 3. The van der Waals surface area contributed by atoms with Crippen molar-refractivity contribution >= 4 is 22.3 Å². The molecule has 0 saturated carbocycles. The summed E-state index contributed by atoms with van der Waals surface area (Å²) < 4.78 is 18.9. The van der Waals surface area contributed by atoms with Gasteiger partial charge in [-0.1, -0.05) is 6.07 Å². The Kier molecular flexibility index (Phi) is 5.76. The number of hydrogen-bond acceptors (Lipinski definition) is 6. The van der Waals surface area contributed by atoms with Crippen molar-refractivity contribution in [3.63, 3.8) is 0 Å². The number of fused-ring (bicyclic) bond motifs is 1. The fourth-order valence-corrected chi connectivity index (χ4v) is 3.96. The zero-order valence-corrected chi connectivity index (χ0v) is 16.7. The summed E-state index contributed by atoms with van der Waals surface area (Å²) in [5.41, 5.74) is 2.41. The number of pyridine rings is 1. The van der Waals surface area contributed by atoms with Crippen molar-refractivity contribution in [2.75, 3.05) is 25.5 Å². The average Bonchev–Trinajstić information content (AvgIpc) is 2.75. The Bertz CT molecular complexity index is 1070. The first-order chi connectivity index (χ1) is 14.5. The van der Waals surface area contributed by atoms with Crippen LogP contribution in [0.4, 0.5) is 15.8 Å². The van der Waals surface area contributed by atoms with Crippen LogP contribution < -0.4 is 10.1 Å². The molecule has 7 nitrogen and oxygen atoms in total. The fraction of sp³-hybridized carbons (Fsp3) is 0.318. The molecule has 0 atom stereocenters. The third-order valence-corrected chi connectivity index (χ3v) is 5.51. The van der Waals surface area contributed by atoms with Crippen LogP contribution in [0.3, 0.4) is 0 Å².